The van der Waals surface area contributed by atoms with Crippen LogP contribution in [0.1, 0.15) is 27.3 Å². The van der Waals surface area contributed by atoms with Crippen LogP contribution in [-0.4, -0.2) is 32.8 Å². The van der Waals surface area contributed by atoms with Crippen molar-refractivity contribution in [3.8, 4) is 22.7 Å². The summed E-state index contributed by atoms with van der Waals surface area (Å²) in [6.45, 7) is 1.87. The number of nitrogens with one attached hydrogen (secondary N) is 1. The van der Waals surface area contributed by atoms with Crippen LogP contribution in [0.5, 0.6) is 5.75 Å². The minimum atomic E-state index is -4.58. The number of carbonyl (C=O) groups is 1. The molecule has 3 aromatic heterocycles. The fourth-order valence-corrected chi connectivity index (χ4v) is 4.17. The molecule has 5 aromatic rings. The highest BCUT2D eigenvalue weighted by Crippen LogP contribution is 2.36. The maximum atomic E-state index is 13.8. The van der Waals surface area contributed by atoms with Crippen LogP contribution < -0.4 is 10.1 Å². The van der Waals surface area contributed by atoms with Crippen molar-refractivity contribution in [3.63, 3.8) is 0 Å². The molecule has 0 aliphatic heterocycles. The number of benzene rings is 2. The number of hydrogen-bond acceptors (Lipinski definition) is 5. The van der Waals surface area contributed by atoms with Gasteiger partial charge in [0.25, 0.3) is 5.91 Å². The van der Waals surface area contributed by atoms with E-state index in [-0.39, 0.29) is 23.1 Å². The molecule has 3 heterocycles. The number of aromatic nitrogens is 4. The predicted molar refractivity (Wildman–Crippen MR) is 136 cm³/mol. The zero-order valence-corrected chi connectivity index (χ0v) is 20.5. The predicted octanol–water partition coefficient (Wildman–Crippen LogP) is 5.75. The van der Waals surface area contributed by atoms with E-state index in [4.69, 9.17) is 4.74 Å². The summed E-state index contributed by atoms with van der Waals surface area (Å²) in [4.78, 5) is 21.4. The molecule has 10 heteroatoms. The molecule has 0 atom stereocenters. The Morgan fingerprint density at radius 1 is 1.05 bits per heavy atom. The number of para-hydroxylation sites is 1. The summed E-state index contributed by atoms with van der Waals surface area (Å²) in [5.41, 5.74) is 1.82. The second kappa shape index (κ2) is 9.97. The molecule has 0 saturated heterocycles. The zero-order valence-electron chi connectivity index (χ0n) is 20.5. The third kappa shape index (κ3) is 4.93. The molecule has 38 heavy (non-hydrogen) atoms. The standard InChI is InChI=1S/C28H22F3N5O2/c1-17-13-25(21-6-3-7-22(26(21)34-17)28(29,30)31)36-24(19-5-4-12-32-16-19)14-23(35-36)27(37)33-15-18-8-10-20(38-2)11-9-18/h3-14,16H,15H2,1-2H3,(H,33,37). The first-order valence-electron chi connectivity index (χ1n) is 11.6. The number of halogens is 3. The lowest BCUT2D eigenvalue weighted by molar-refractivity contribution is -0.136. The van der Waals surface area contributed by atoms with E-state index in [1.165, 1.54) is 10.7 Å². The van der Waals surface area contributed by atoms with Crippen LogP contribution in [0, 0.1) is 6.92 Å². The monoisotopic (exact) mass is 517 g/mol. The molecule has 1 N–H and O–H groups in total. The number of amides is 1. The third-order valence-corrected chi connectivity index (χ3v) is 5.99. The van der Waals surface area contributed by atoms with Crippen molar-refractivity contribution in [2.24, 2.45) is 0 Å². The fraction of sp³-hybridized carbons (Fsp3) is 0.143. The van der Waals surface area contributed by atoms with Crippen LogP contribution in [0.2, 0.25) is 0 Å². The summed E-state index contributed by atoms with van der Waals surface area (Å²) < 4.78 is 47.9. The highest BCUT2D eigenvalue weighted by molar-refractivity contribution is 5.95. The van der Waals surface area contributed by atoms with Crippen molar-refractivity contribution in [3.05, 3.63) is 102 Å². The lowest BCUT2D eigenvalue weighted by Crippen LogP contribution is -2.23. The molecule has 0 unspecified atom stereocenters. The van der Waals surface area contributed by atoms with Gasteiger partial charge in [0.1, 0.15) is 5.75 Å². The Kier molecular flexibility index (Phi) is 6.54. The van der Waals surface area contributed by atoms with Gasteiger partial charge in [-0.15, -0.1) is 0 Å². The van der Waals surface area contributed by atoms with Crippen molar-refractivity contribution >= 4 is 16.8 Å². The topological polar surface area (TPSA) is 81.9 Å². The normalized spacial score (nSPS) is 11.5. The minimum Gasteiger partial charge on any atom is -0.497 e. The number of hydrogen-bond donors (Lipinski definition) is 1. The van der Waals surface area contributed by atoms with Gasteiger partial charge in [0.2, 0.25) is 0 Å². The van der Waals surface area contributed by atoms with Gasteiger partial charge in [-0.2, -0.15) is 18.3 Å². The average molecular weight is 518 g/mol. The van der Waals surface area contributed by atoms with Gasteiger partial charge >= 0.3 is 6.18 Å². The molecule has 0 aliphatic rings. The fourth-order valence-electron chi connectivity index (χ4n) is 4.17. The van der Waals surface area contributed by atoms with E-state index in [0.717, 1.165) is 11.6 Å². The van der Waals surface area contributed by atoms with Gasteiger partial charge in [-0.1, -0.05) is 24.3 Å². The van der Waals surface area contributed by atoms with E-state index in [0.29, 0.717) is 28.4 Å². The lowest BCUT2D eigenvalue weighted by atomic mass is 10.1. The van der Waals surface area contributed by atoms with Gasteiger partial charge in [-0.3, -0.25) is 14.8 Å². The van der Waals surface area contributed by atoms with E-state index < -0.39 is 17.6 Å². The van der Waals surface area contributed by atoms with E-state index >= 15 is 0 Å². The van der Waals surface area contributed by atoms with Crippen molar-refractivity contribution in [2.45, 2.75) is 19.6 Å². The zero-order chi connectivity index (χ0) is 26.9. The van der Waals surface area contributed by atoms with Crippen LogP contribution >= 0.6 is 0 Å². The Bertz CT molecular complexity index is 1610. The van der Waals surface area contributed by atoms with Crippen molar-refractivity contribution in [1.29, 1.82) is 0 Å². The summed E-state index contributed by atoms with van der Waals surface area (Å²) >= 11 is 0. The Morgan fingerprint density at radius 2 is 1.84 bits per heavy atom. The molecule has 0 saturated carbocycles. The molecule has 192 valence electrons. The quantitative estimate of drug-likeness (QED) is 0.310. The number of rotatable bonds is 6. The third-order valence-electron chi connectivity index (χ3n) is 5.99. The van der Waals surface area contributed by atoms with Crippen LogP contribution in [0.25, 0.3) is 27.8 Å². The largest absolute Gasteiger partial charge is 0.497 e. The van der Waals surface area contributed by atoms with Crippen LogP contribution in [0.4, 0.5) is 13.2 Å². The Morgan fingerprint density at radius 3 is 2.53 bits per heavy atom. The number of fused-ring (bicyclic) bond motifs is 1. The first kappa shape index (κ1) is 24.9. The summed E-state index contributed by atoms with van der Waals surface area (Å²) in [5, 5.41) is 7.62. The van der Waals surface area contributed by atoms with Crippen molar-refractivity contribution < 1.29 is 22.7 Å². The molecule has 0 bridgehead atoms. The molecular formula is C28H22F3N5O2. The smallest absolute Gasteiger partial charge is 0.418 e. The summed E-state index contributed by atoms with van der Waals surface area (Å²) in [7, 11) is 1.57. The van der Waals surface area contributed by atoms with Crippen molar-refractivity contribution in [1.82, 2.24) is 25.1 Å². The number of methoxy groups -OCH3 is 1. The Balaban J connectivity index is 1.59. The number of aryl methyl sites for hydroxylation is 1. The molecule has 1 amide bonds. The van der Waals surface area contributed by atoms with Crippen LogP contribution in [0.3, 0.4) is 0 Å². The molecule has 0 radical (unpaired) electrons. The number of ether oxygens (including phenoxy) is 1. The maximum absolute atomic E-state index is 13.8. The van der Waals surface area contributed by atoms with Gasteiger partial charge < -0.3 is 10.1 Å². The van der Waals surface area contributed by atoms with Gasteiger partial charge in [0.05, 0.1) is 29.6 Å². The van der Waals surface area contributed by atoms with E-state index in [1.54, 1.807) is 68.9 Å². The van der Waals surface area contributed by atoms with Crippen LogP contribution in [-0.2, 0) is 12.7 Å². The molecule has 0 fully saturated rings. The van der Waals surface area contributed by atoms with Gasteiger partial charge in [-0.05, 0) is 55.0 Å². The van der Waals surface area contributed by atoms with Gasteiger partial charge in [-0.25, -0.2) is 4.68 Å². The molecule has 5 rings (SSSR count). The number of alkyl halides is 3. The first-order valence-corrected chi connectivity index (χ1v) is 11.6. The Hall–Kier alpha value is -4.73. The van der Waals surface area contributed by atoms with Crippen molar-refractivity contribution in [2.75, 3.05) is 7.11 Å². The first-order chi connectivity index (χ1) is 18.2. The highest BCUT2D eigenvalue weighted by atomic mass is 19.4. The SMILES string of the molecule is COc1ccc(CNC(=O)c2cc(-c3cccnc3)n(-c3cc(C)nc4c(C(F)(F)F)cccc34)n2)cc1. The Labute approximate surface area is 215 Å². The second-order valence-electron chi connectivity index (χ2n) is 8.58. The molecule has 2 aromatic carbocycles. The second-order valence-corrected chi connectivity index (χ2v) is 8.58. The van der Waals surface area contributed by atoms with Crippen LogP contribution in [0.15, 0.2) is 79.1 Å². The molecule has 7 nitrogen and oxygen atoms in total. The molecule has 0 aliphatic carbocycles. The van der Waals surface area contributed by atoms with Gasteiger partial charge in [0, 0.05) is 35.6 Å². The molecular weight excluding hydrogens is 495 g/mol. The van der Waals surface area contributed by atoms with E-state index in [1.807, 2.05) is 12.1 Å². The molecule has 0 spiro atoms. The van der Waals surface area contributed by atoms with E-state index in [9.17, 15) is 18.0 Å². The summed E-state index contributed by atoms with van der Waals surface area (Å²) in [6, 6.07) is 17.9. The maximum Gasteiger partial charge on any atom is 0.418 e. The average Bonchev–Trinajstić information content (AvgIpc) is 3.36. The number of carbonyl (C=O) groups excluding carboxylic acids is 1. The highest BCUT2D eigenvalue weighted by Gasteiger charge is 2.34. The minimum absolute atomic E-state index is 0.104. The lowest BCUT2D eigenvalue weighted by Gasteiger charge is -2.15. The summed E-state index contributed by atoms with van der Waals surface area (Å²) in [5.74, 6) is 0.268. The van der Waals surface area contributed by atoms with E-state index in [2.05, 4.69) is 20.4 Å². The number of pyridine rings is 2. The summed E-state index contributed by atoms with van der Waals surface area (Å²) in [6.07, 6.45) is -1.38. The number of nitrogens with zero attached hydrogens (tertiary/aromatic N) is 4. The van der Waals surface area contributed by atoms with Gasteiger partial charge in [0.15, 0.2) is 5.69 Å².